The smallest absolute Gasteiger partial charge is 0.477 e. The quantitative estimate of drug-likeness (QED) is 0.0559. The van der Waals surface area contributed by atoms with Crippen LogP contribution in [0.15, 0.2) is 91.4 Å². The molecule has 0 radical (unpaired) electrons. The van der Waals surface area contributed by atoms with E-state index in [9.17, 15) is 29.1 Å². The molecule has 0 fully saturated rings. The Morgan fingerprint density at radius 2 is 0.759 bits per heavy atom. The van der Waals surface area contributed by atoms with Crippen LogP contribution in [-0.4, -0.2) is 125 Å². The average Bonchev–Trinajstić information content (AvgIpc) is 1.76. The minimum absolute atomic E-state index is 0. The van der Waals surface area contributed by atoms with Gasteiger partial charge in [0.1, 0.15) is 51.2 Å². The highest BCUT2D eigenvalue weighted by Crippen LogP contribution is 2.32. The van der Waals surface area contributed by atoms with E-state index < -0.39 is 41.2 Å². The molecule has 3 aromatic carbocycles. The van der Waals surface area contributed by atoms with E-state index in [1.54, 1.807) is 93.4 Å². The summed E-state index contributed by atoms with van der Waals surface area (Å²) in [6, 6.07) is 23.4. The number of carbonyl (C=O) groups is 5. The van der Waals surface area contributed by atoms with E-state index in [0.29, 0.717) is 40.6 Å². The van der Waals surface area contributed by atoms with Crippen LogP contribution in [0.4, 0.5) is 61.6 Å². The molecule has 0 saturated carbocycles. The number of aryl methyl sites for hydroxylation is 6. The second-order valence-electron chi connectivity index (χ2n) is 23.6. The number of aromatic nitrogens is 9. The van der Waals surface area contributed by atoms with E-state index in [4.69, 9.17) is 20.9 Å². The van der Waals surface area contributed by atoms with Crippen LogP contribution in [0.5, 0.6) is 0 Å². The molecule has 6 heterocycles. The summed E-state index contributed by atoms with van der Waals surface area (Å²) in [6.07, 6.45) is 3.01. The maximum atomic E-state index is 13.0. The fourth-order valence-corrected chi connectivity index (χ4v) is 9.05. The molecule has 0 atom stereocenters. The maximum absolute atomic E-state index is 13.0. The number of benzene rings is 3. The molecule has 9 aromatic rings. The van der Waals surface area contributed by atoms with Crippen molar-refractivity contribution < 1.29 is 38.6 Å². The van der Waals surface area contributed by atoms with Gasteiger partial charge < -0.3 is 47.3 Å². The van der Waals surface area contributed by atoms with Gasteiger partial charge in [-0.15, -0.1) is 0 Å². The molecule has 9 N–H and O–H groups in total. The van der Waals surface area contributed by atoms with Gasteiger partial charge in [0.25, 0.3) is 11.8 Å². The number of rotatable bonds is 12. The van der Waals surface area contributed by atoms with Gasteiger partial charge in [0.15, 0.2) is 16.9 Å². The van der Waals surface area contributed by atoms with E-state index >= 15 is 0 Å². The van der Waals surface area contributed by atoms with Gasteiger partial charge in [0, 0.05) is 30.2 Å². The first-order valence-electron chi connectivity index (χ1n) is 26.9. The van der Waals surface area contributed by atoms with Gasteiger partial charge >= 0.3 is 18.2 Å². The summed E-state index contributed by atoms with van der Waals surface area (Å²) < 4.78 is 14.9. The Bertz CT molecular complexity index is 3820. The molecule has 9 rings (SSSR count). The number of quaternary nitrogens is 2. The van der Waals surface area contributed by atoms with Crippen molar-refractivity contribution in [2.24, 2.45) is 11.5 Å². The topological polar surface area (TPSA) is 315 Å². The average molecular weight is 1190 g/mol. The number of carboxylic acid groups (broad SMARTS) is 1. The van der Waals surface area contributed by atoms with E-state index in [1.807, 2.05) is 84.0 Å². The van der Waals surface area contributed by atoms with Crippen LogP contribution in [0.1, 0.15) is 121 Å². The number of hydrogen-bond acceptors (Lipinski definition) is 17. The Kier molecular flexibility index (Phi) is 20.3. The summed E-state index contributed by atoms with van der Waals surface area (Å²) in [5, 5.41) is 35.0. The first kappa shape index (κ1) is 67.8. The number of carboxylic acids is 1. The number of hydrogen-bond donors (Lipinski definition) is 7. The molecule has 0 bridgehead atoms. The summed E-state index contributed by atoms with van der Waals surface area (Å²) in [5.74, 6) is 0.647. The summed E-state index contributed by atoms with van der Waals surface area (Å²) in [4.78, 5) is 74.6. The third-order valence-electron chi connectivity index (χ3n) is 12.7. The van der Waals surface area contributed by atoms with Gasteiger partial charge in [-0.3, -0.25) is 9.59 Å². The highest BCUT2D eigenvalue weighted by Gasteiger charge is 2.40. The molecule has 0 spiro atoms. The fraction of sp³-hybridized carbons (Fsp3) is 0.339. The second-order valence-corrected chi connectivity index (χ2v) is 23.6. The van der Waals surface area contributed by atoms with Crippen molar-refractivity contribution in [3.8, 4) is 0 Å². The molecule has 0 saturated heterocycles. The number of carbonyl (C=O) groups excluding carboxylic acids is 4. The Hall–Kier alpha value is -10.0. The number of ether oxygens (including phenoxy) is 2. The lowest BCUT2D eigenvalue weighted by atomic mass is 10.1. The zero-order valence-electron chi connectivity index (χ0n) is 51.0. The van der Waals surface area contributed by atoms with E-state index in [-0.39, 0.29) is 51.8 Å². The van der Waals surface area contributed by atoms with Crippen LogP contribution in [0.25, 0.3) is 16.9 Å². The Morgan fingerprint density at radius 1 is 0.471 bits per heavy atom. The molecular weight excluding hydrogens is 1110 g/mol. The van der Waals surface area contributed by atoms with Gasteiger partial charge in [0.2, 0.25) is 11.6 Å². The van der Waals surface area contributed by atoms with Crippen LogP contribution >= 0.6 is 0 Å². The molecule has 4 amide bonds. The molecular formula is C62H83N17O8+2. The Morgan fingerprint density at radius 3 is 1.06 bits per heavy atom. The number of nitrogens with one attached hydrogen (secondary N) is 4. The number of aromatic carboxylic acids is 1. The predicted molar refractivity (Wildman–Crippen MR) is 343 cm³/mol. The molecule has 87 heavy (non-hydrogen) atoms. The van der Waals surface area contributed by atoms with Crippen molar-refractivity contribution in [2.45, 2.75) is 109 Å². The van der Waals surface area contributed by atoms with Crippen LogP contribution < -0.4 is 41.7 Å². The molecule has 462 valence electrons. The lowest BCUT2D eigenvalue weighted by Crippen LogP contribution is -2.50. The zero-order chi connectivity index (χ0) is 62.8. The van der Waals surface area contributed by atoms with Crippen molar-refractivity contribution in [2.75, 3.05) is 56.5 Å². The van der Waals surface area contributed by atoms with Crippen LogP contribution in [0, 0.1) is 41.5 Å². The normalized spacial score (nSPS) is 11.5. The summed E-state index contributed by atoms with van der Waals surface area (Å²) >= 11 is 0. The predicted octanol–water partition coefficient (Wildman–Crippen LogP) is 11.5. The van der Waals surface area contributed by atoms with Gasteiger partial charge in [-0.25, -0.2) is 19.7 Å². The number of amides is 4. The van der Waals surface area contributed by atoms with E-state index in [1.165, 1.54) is 27.6 Å². The van der Waals surface area contributed by atoms with E-state index in [2.05, 4.69) is 69.7 Å². The SMILES string of the molecule is C.C.CNc1cc(Nc2cc(C)cc(C)c2)nc2c(C(N)=O)cnn12.Cc1cc(C)cc(Nc2cc([N+](C)(C)C(=O)OC(C)(C)C)n3ncc(C(=O)O)c3n2)c1.Cc1cc(C)cc(Nc2cc([N+](C)(C)C(=O)OC(C)(C)C)n3ncc(C(N)=O)c3n2)c1. The van der Waals surface area contributed by atoms with Gasteiger partial charge in [-0.05, 0) is 153 Å². The largest absolute Gasteiger partial charge is 0.522 e. The molecule has 0 unspecified atom stereocenters. The lowest BCUT2D eigenvalue weighted by Gasteiger charge is -2.29. The molecule has 6 aromatic heterocycles. The number of nitrogens with zero attached hydrogens (tertiary/aromatic N) is 11. The number of anilines is 7. The lowest BCUT2D eigenvalue weighted by molar-refractivity contribution is 0.0332. The third-order valence-corrected chi connectivity index (χ3v) is 12.7. The standard InChI is InChI=1S/C22H28N6O3.C22H27N5O4.C16H18N6O.2CH4/c1-13-8-14(2)10-15(9-13)25-17-11-18(28(6,7)21(30)31-22(3,4)5)27-20(26-17)16(12-24-27)19(23)29;1-13-8-14(2)10-15(9-13)24-17-11-18(27(6,7)21(30)31-22(3,4)5)26-19(25-17)16(12-23-26)20(28)29;1-9-4-10(2)6-11(5-9)20-13-7-14(18-3)22-16(21-13)12(8-19-22)15(17)23;;/h8-12H,1-7H3,(H2-,23,24,25,26,29);8-12H,1-7H3,(H-,23,24,25,28,29);4-8,18H,1-3H3,(H2,17,23)(H,20,21);2*1H4/p+2. The highest BCUT2D eigenvalue weighted by atomic mass is 16.6. The highest BCUT2D eigenvalue weighted by molar-refractivity contribution is 6.00. The number of fused-ring (bicyclic) bond motifs is 3. The first-order chi connectivity index (χ1) is 39.5. The number of primary amides is 2. The zero-order valence-corrected chi connectivity index (χ0v) is 51.0. The summed E-state index contributed by atoms with van der Waals surface area (Å²) in [5.41, 5.74) is 20.0. The summed E-state index contributed by atoms with van der Waals surface area (Å²) in [7, 11) is 8.47. The second kappa shape index (κ2) is 26.1. The van der Waals surface area contributed by atoms with Crippen molar-refractivity contribution in [3.63, 3.8) is 0 Å². The minimum atomic E-state index is -1.15. The van der Waals surface area contributed by atoms with Crippen molar-refractivity contribution >= 4 is 98.9 Å². The molecule has 0 aliphatic carbocycles. The molecule has 0 aliphatic rings. The van der Waals surface area contributed by atoms with Gasteiger partial charge in [-0.2, -0.15) is 47.4 Å². The Balaban J connectivity index is 0.000000238. The fourth-order valence-electron chi connectivity index (χ4n) is 9.05. The van der Waals surface area contributed by atoms with Gasteiger partial charge in [0.05, 0.1) is 58.9 Å². The monoisotopic (exact) mass is 1190 g/mol. The minimum Gasteiger partial charge on any atom is -0.477 e. The third kappa shape index (κ3) is 16.1. The molecule has 25 nitrogen and oxygen atoms in total. The van der Waals surface area contributed by atoms with Crippen LogP contribution in [0.2, 0.25) is 0 Å². The summed E-state index contributed by atoms with van der Waals surface area (Å²) in [6.45, 7) is 22.8. The van der Waals surface area contributed by atoms with Crippen LogP contribution in [-0.2, 0) is 9.47 Å². The van der Waals surface area contributed by atoms with Crippen molar-refractivity contribution in [1.82, 2.24) is 52.8 Å². The van der Waals surface area contributed by atoms with Crippen molar-refractivity contribution in [1.29, 1.82) is 0 Å². The van der Waals surface area contributed by atoms with Crippen molar-refractivity contribution in [3.05, 3.63) is 141 Å². The maximum Gasteiger partial charge on any atom is 0.522 e. The molecule has 0 aliphatic heterocycles. The number of nitrogens with two attached hydrogens (primary N) is 2. The first-order valence-corrected chi connectivity index (χ1v) is 26.9. The van der Waals surface area contributed by atoms with E-state index in [0.717, 1.165) is 50.4 Å². The van der Waals surface area contributed by atoms with Gasteiger partial charge in [-0.1, -0.05) is 33.1 Å². The Labute approximate surface area is 506 Å². The molecule has 25 heteroatoms. The van der Waals surface area contributed by atoms with Crippen LogP contribution in [0.3, 0.4) is 0 Å².